The summed E-state index contributed by atoms with van der Waals surface area (Å²) in [6.07, 6.45) is 8.29. The second kappa shape index (κ2) is 7.13. The quantitative estimate of drug-likeness (QED) is 0.816. The van der Waals surface area contributed by atoms with E-state index in [-0.39, 0.29) is 11.3 Å². The summed E-state index contributed by atoms with van der Waals surface area (Å²) in [5.41, 5.74) is 3.37. The molecule has 1 amide bonds. The highest BCUT2D eigenvalue weighted by atomic mass is 16.1. The first kappa shape index (κ1) is 16.8. The van der Waals surface area contributed by atoms with Gasteiger partial charge in [-0.15, -0.1) is 0 Å². The maximum Gasteiger partial charge on any atom is 0.251 e. The Morgan fingerprint density at radius 1 is 1.05 bits per heavy atom. The molecule has 120 valence electrons. The first-order valence-corrected chi connectivity index (χ1v) is 8.46. The molecule has 0 atom stereocenters. The fourth-order valence-electron chi connectivity index (χ4n) is 3.13. The van der Waals surface area contributed by atoms with Gasteiger partial charge in [-0.1, -0.05) is 58.2 Å². The van der Waals surface area contributed by atoms with Crippen LogP contribution in [0.5, 0.6) is 0 Å². The predicted octanol–water partition coefficient (Wildman–Crippen LogP) is 5.20. The zero-order valence-electron chi connectivity index (χ0n) is 14.4. The van der Waals surface area contributed by atoms with E-state index in [9.17, 15) is 4.79 Å². The molecule has 2 rings (SSSR count). The average Bonchev–Trinajstić information content (AvgIpc) is 2.46. The predicted molar refractivity (Wildman–Crippen MR) is 93.9 cm³/mol. The molecule has 0 aromatic heterocycles. The van der Waals surface area contributed by atoms with Crippen LogP contribution in [0.1, 0.15) is 75.7 Å². The van der Waals surface area contributed by atoms with Crippen molar-refractivity contribution in [2.75, 3.05) is 0 Å². The fraction of sp³-hybridized carbons (Fsp3) is 0.550. The van der Waals surface area contributed by atoms with E-state index in [2.05, 4.69) is 39.1 Å². The van der Waals surface area contributed by atoms with Crippen molar-refractivity contribution in [1.29, 1.82) is 0 Å². The lowest BCUT2D eigenvalue weighted by Crippen LogP contribution is -2.36. The summed E-state index contributed by atoms with van der Waals surface area (Å²) in [5, 5.41) is 3.17. The molecular weight excluding hydrogens is 270 g/mol. The molecule has 0 bridgehead atoms. The van der Waals surface area contributed by atoms with E-state index in [1.165, 1.54) is 30.4 Å². The normalized spacial score (nSPS) is 17.4. The van der Waals surface area contributed by atoms with E-state index in [0.717, 1.165) is 18.4 Å². The van der Waals surface area contributed by atoms with Crippen LogP contribution in [-0.2, 0) is 0 Å². The van der Waals surface area contributed by atoms with E-state index >= 15 is 0 Å². The van der Waals surface area contributed by atoms with Gasteiger partial charge in [-0.05, 0) is 48.4 Å². The molecule has 0 unspecified atom stereocenters. The minimum atomic E-state index is 0.0657. The number of nitrogens with one attached hydrogen (secondary N) is 1. The van der Waals surface area contributed by atoms with E-state index < -0.39 is 0 Å². The molecule has 1 fully saturated rings. The number of benzene rings is 1. The molecule has 22 heavy (non-hydrogen) atoms. The number of allylic oxidation sites excluding steroid dienone is 2. The molecule has 2 heteroatoms. The standard InChI is InChI=1S/C20H29NO/c1-15(14-20(2,3)4)16-10-12-17(13-11-16)19(22)21-18-8-6-5-7-9-18/h10-14,18H,5-9H2,1-4H3,(H,21,22)/b15-14+. The van der Waals surface area contributed by atoms with Crippen LogP contribution in [0.3, 0.4) is 0 Å². The van der Waals surface area contributed by atoms with Crippen molar-refractivity contribution in [3.8, 4) is 0 Å². The maximum absolute atomic E-state index is 12.3. The highest BCUT2D eigenvalue weighted by Crippen LogP contribution is 2.23. The molecule has 0 radical (unpaired) electrons. The minimum absolute atomic E-state index is 0.0657. The molecule has 1 aromatic rings. The van der Waals surface area contributed by atoms with Gasteiger partial charge in [0, 0.05) is 11.6 Å². The zero-order chi connectivity index (χ0) is 16.2. The number of hydrogen-bond donors (Lipinski definition) is 1. The maximum atomic E-state index is 12.3. The summed E-state index contributed by atoms with van der Waals surface area (Å²) < 4.78 is 0. The molecule has 1 N–H and O–H groups in total. The van der Waals surface area contributed by atoms with Gasteiger partial charge in [-0.25, -0.2) is 0 Å². The van der Waals surface area contributed by atoms with Crippen molar-refractivity contribution in [3.63, 3.8) is 0 Å². The van der Waals surface area contributed by atoms with Crippen LogP contribution >= 0.6 is 0 Å². The second-order valence-corrected chi connectivity index (χ2v) is 7.58. The van der Waals surface area contributed by atoms with Crippen molar-refractivity contribution < 1.29 is 4.79 Å². The number of rotatable bonds is 3. The molecule has 0 spiro atoms. The molecule has 0 saturated heterocycles. The third kappa shape index (κ3) is 5.01. The first-order chi connectivity index (χ1) is 10.3. The second-order valence-electron chi connectivity index (χ2n) is 7.58. The molecule has 0 aliphatic heterocycles. The lowest BCUT2D eigenvalue weighted by atomic mass is 9.91. The first-order valence-electron chi connectivity index (χ1n) is 8.46. The summed E-state index contributed by atoms with van der Waals surface area (Å²) >= 11 is 0. The summed E-state index contributed by atoms with van der Waals surface area (Å²) in [6.45, 7) is 8.72. The monoisotopic (exact) mass is 299 g/mol. The van der Waals surface area contributed by atoms with Gasteiger partial charge >= 0.3 is 0 Å². The van der Waals surface area contributed by atoms with Gasteiger partial charge in [-0.2, -0.15) is 0 Å². The van der Waals surface area contributed by atoms with Gasteiger partial charge in [0.15, 0.2) is 0 Å². The van der Waals surface area contributed by atoms with Gasteiger partial charge in [0.2, 0.25) is 0 Å². The lowest BCUT2D eigenvalue weighted by molar-refractivity contribution is 0.0927. The Morgan fingerprint density at radius 3 is 2.14 bits per heavy atom. The smallest absolute Gasteiger partial charge is 0.251 e. The van der Waals surface area contributed by atoms with Crippen molar-refractivity contribution >= 4 is 11.5 Å². The van der Waals surface area contributed by atoms with Crippen LogP contribution in [-0.4, -0.2) is 11.9 Å². The number of hydrogen-bond acceptors (Lipinski definition) is 1. The lowest BCUT2D eigenvalue weighted by Gasteiger charge is -2.22. The Morgan fingerprint density at radius 2 is 1.59 bits per heavy atom. The van der Waals surface area contributed by atoms with Gasteiger partial charge in [-0.3, -0.25) is 4.79 Å². The van der Waals surface area contributed by atoms with Gasteiger partial charge in [0.1, 0.15) is 0 Å². The summed E-state index contributed by atoms with van der Waals surface area (Å²) in [6, 6.07) is 8.34. The molecular formula is C20H29NO. The third-order valence-corrected chi connectivity index (χ3v) is 4.19. The van der Waals surface area contributed by atoms with Gasteiger partial charge in [0.05, 0.1) is 0 Å². The van der Waals surface area contributed by atoms with Crippen LogP contribution in [0, 0.1) is 5.41 Å². The van der Waals surface area contributed by atoms with E-state index in [1.54, 1.807) is 0 Å². The molecule has 1 saturated carbocycles. The van der Waals surface area contributed by atoms with Crippen LogP contribution in [0.4, 0.5) is 0 Å². The van der Waals surface area contributed by atoms with Crippen LogP contribution in [0.2, 0.25) is 0 Å². The summed E-state index contributed by atoms with van der Waals surface area (Å²) in [4.78, 5) is 12.3. The van der Waals surface area contributed by atoms with Crippen molar-refractivity contribution in [1.82, 2.24) is 5.32 Å². The highest BCUT2D eigenvalue weighted by molar-refractivity contribution is 5.94. The van der Waals surface area contributed by atoms with E-state index in [4.69, 9.17) is 0 Å². The Kier molecular flexibility index (Phi) is 5.44. The Hall–Kier alpha value is -1.57. The summed E-state index contributed by atoms with van der Waals surface area (Å²) in [7, 11) is 0. The molecule has 1 aliphatic rings. The number of carbonyl (C=O) groups is 1. The van der Waals surface area contributed by atoms with Gasteiger partial charge in [0.25, 0.3) is 5.91 Å². The summed E-state index contributed by atoms with van der Waals surface area (Å²) in [5.74, 6) is 0.0657. The van der Waals surface area contributed by atoms with Crippen molar-refractivity contribution in [2.24, 2.45) is 5.41 Å². The fourth-order valence-corrected chi connectivity index (χ4v) is 3.13. The van der Waals surface area contributed by atoms with Crippen LogP contribution < -0.4 is 5.32 Å². The van der Waals surface area contributed by atoms with Crippen molar-refractivity contribution in [2.45, 2.75) is 65.8 Å². The highest BCUT2D eigenvalue weighted by Gasteiger charge is 2.16. The average molecular weight is 299 g/mol. The largest absolute Gasteiger partial charge is 0.349 e. The van der Waals surface area contributed by atoms with Crippen LogP contribution in [0.15, 0.2) is 30.3 Å². The molecule has 2 nitrogen and oxygen atoms in total. The van der Waals surface area contributed by atoms with Crippen molar-refractivity contribution in [3.05, 3.63) is 41.5 Å². The Bertz CT molecular complexity index is 528. The SMILES string of the molecule is C/C(=C\C(C)(C)C)c1ccc(C(=O)NC2CCCCC2)cc1. The minimum Gasteiger partial charge on any atom is -0.349 e. The topological polar surface area (TPSA) is 29.1 Å². The Balaban J connectivity index is 2.02. The van der Waals surface area contributed by atoms with Gasteiger partial charge < -0.3 is 5.32 Å². The molecule has 1 aromatic carbocycles. The van der Waals surface area contributed by atoms with Crippen LogP contribution in [0.25, 0.3) is 5.57 Å². The Labute approximate surface area is 135 Å². The van der Waals surface area contributed by atoms with E-state index in [0.29, 0.717) is 6.04 Å². The molecule has 1 aliphatic carbocycles. The number of amides is 1. The zero-order valence-corrected chi connectivity index (χ0v) is 14.4. The number of carbonyl (C=O) groups excluding carboxylic acids is 1. The van der Waals surface area contributed by atoms with E-state index in [1.807, 2.05) is 24.3 Å². The molecule has 0 heterocycles. The third-order valence-electron chi connectivity index (χ3n) is 4.19.